The van der Waals surface area contributed by atoms with Crippen molar-refractivity contribution in [2.24, 2.45) is 7.05 Å². The third kappa shape index (κ3) is 3.97. The topological polar surface area (TPSA) is 82.2 Å². The number of methoxy groups -OCH3 is 1. The lowest BCUT2D eigenvalue weighted by atomic mass is 10.2. The number of carbonyl (C=O) groups is 1. The summed E-state index contributed by atoms with van der Waals surface area (Å²) in [5.74, 6) is 1.93. The fourth-order valence-electron chi connectivity index (χ4n) is 2.98. The van der Waals surface area contributed by atoms with E-state index in [1.807, 2.05) is 67.1 Å². The van der Waals surface area contributed by atoms with Crippen LogP contribution in [0, 0.1) is 6.92 Å². The van der Waals surface area contributed by atoms with Gasteiger partial charge >= 0.3 is 0 Å². The summed E-state index contributed by atoms with van der Waals surface area (Å²) in [7, 11) is 3.43. The monoisotopic (exact) mass is 408 g/mol. The first-order chi connectivity index (χ1) is 14.0. The number of anilines is 1. The number of fused-ring (bicyclic) bond motifs is 1. The highest BCUT2D eigenvalue weighted by Crippen LogP contribution is 2.29. The van der Waals surface area contributed by atoms with Gasteiger partial charge in [-0.3, -0.25) is 4.79 Å². The molecule has 1 amide bonds. The second kappa shape index (κ2) is 8.00. The molecule has 1 N–H and O–H groups in total. The Morgan fingerprint density at radius 1 is 1.21 bits per heavy atom. The predicted molar refractivity (Wildman–Crippen MR) is 113 cm³/mol. The molecule has 0 fully saturated rings. The number of aromatic nitrogens is 3. The predicted octanol–water partition coefficient (Wildman–Crippen LogP) is 4.28. The van der Waals surface area contributed by atoms with Crippen LogP contribution in [-0.4, -0.2) is 33.5 Å². The van der Waals surface area contributed by atoms with E-state index < -0.39 is 0 Å². The minimum atomic E-state index is -0.146. The van der Waals surface area contributed by atoms with Crippen LogP contribution in [0.4, 0.5) is 5.69 Å². The van der Waals surface area contributed by atoms with E-state index in [4.69, 9.17) is 9.15 Å². The Kier molecular flexibility index (Phi) is 5.26. The van der Waals surface area contributed by atoms with Crippen LogP contribution in [0.1, 0.15) is 5.56 Å². The van der Waals surface area contributed by atoms with Crippen LogP contribution in [0.5, 0.6) is 5.75 Å². The molecule has 2 aromatic carbocycles. The van der Waals surface area contributed by atoms with Crippen molar-refractivity contribution in [3.8, 4) is 17.3 Å². The third-order valence-corrected chi connectivity index (χ3v) is 5.46. The van der Waals surface area contributed by atoms with Crippen LogP contribution < -0.4 is 10.1 Å². The molecule has 8 heteroatoms. The van der Waals surface area contributed by atoms with E-state index in [1.165, 1.54) is 11.8 Å². The van der Waals surface area contributed by atoms with Gasteiger partial charge < -0.3 is 19.0 Å². The summed E-state index contributed by atoms with van der Waals surface area (Å²) in [5.41, 5.74) is 2.49. The number of hydrogen-bond acceptors (Lipinski definition) is 6. The van der Waals surface area contributed by atoms with Gasteiger partial charge in [-0.2, -0.15) is 0 Å². The summed E-state index contributed by atoms with van der Waals surface area (Å²) in [5, 5.41) is 13.0. The van der Waals surface area contributed by atoms with Gasteiger partial charge in [-0.15, -0.1) is 10.2 Å². The first kappa shape index (κ1) is 19.1. The van der Waals surface area contributed by atoms with Gasteiger partial charge in [-0.1, -0.05) is 36.0 Å². The molecule has 0 spiro atoms. The summed E-state index contributed by atoms with van der Waals surface area (Å²) < 4.78 is 13.0. The molecule has 0 aliphatic rings. The normalized spacial score (nSPS) is 11.0. The average Bonchev–Trinajstić information content (AvgIpc) is 3.29. The second-order valence-electron chi connectivity index (χ2n) is 6.55. The molecular formula is C21H20N4O3S. The van der Waals surface area contributed by atoms with Crippen molar-refractivity contribution in [2.75, 3.05) is 18.2 Å². The Balaban J connectivity index is 1.45. The molecule has 0 saturated carbocycles. The molecule has 0 atom stereocenters. The molecule has 0 saturated heterocycles. The lowest BCUT2D eigenvalue weighted by molar-refractivity contribution is -0.113. The third-order valence-electron chi connectivity index (χ3n) is 4.44. The molecule has 0 aliphatic heterocycles. The number of ether oxygens (including phenoxy) is 1. The number of carbonyl (C=O) groups excluding carboxylic acids is 1. The zero-order valence-electron chi connectivity index (χ0n) is 16.3. The molecular weight excluding hydrogens is 388 g/mol. The van der Waals surface area contributed by atoms with E-state index in [0.29, 0.717) is 28.2 Å². The van der Waals surface area contributed by atoms with Crippen molar-refractivity contribution in [1.29, 1.82) is 0 Å². The quantitative estimate of drug-likeness (QED) is 0.480. The summed E-state index contributed by atoms with van der Waals surface area (Å²) in [4.78, 5) is 12.4. The van der Waals surface area contributed by atoms with Gasteiger partial charge in [0.05, 0.1) is 18.6 Å². The molecule has 0 radical (unpaired) electrons. The van der Waals surface area contributed by atoms with Gasteiger partial charge in [0, 0.05) is 12.4 Å². The summed E-state index contributed by atoms with van der Waals surface area (Å²) in [6.07, 6.45) is 0. The Morgan fingerprint density at radius 3 is 2.83 bits per heavy atom. The van der Waals surface area contributed by atoms with Crippen molar-refractivity contribution in [2.45, 2.75) is 12.1 Å². The summed E-state index contributed by atoms with van der Waals surface area (Å²) in [6.45, 7) is 1.96. The van der Waals surface area contributed by atoms with Gasteiger partial charge in [-0.25, -0.2) is 0 Å². The highest BCUT2D eigenvalue weighted by atomic mass is 32.2. The molecule has 0 unspecified atom stereocenters. The van der Waals surface area contributed by atoms with Crippen molar-refractivity contribution in [3.05, 3.63) is 54.1 Å². The first-order valence-electron chi connectivity index (χ1n) is 9.01. The lowest BCUT2D eigenvalue weighted by Gasteiger charge is -2.10. The number of benzene rings is 2. The molecule has 0 aliphatic carbocycles. The minimum Gasteiger partial charge on any atom is -0.495 e. The van der Waals surface area contributed by atoms with Crippen molar-refractivity contribution in [3.63, 3.8) is 0 Å². The first-order valence-corrected chi connectivity index (χ1v) is 9.99. The van der Waals surface area contributed by atoms with E-state index >= 15 is 0 Å². The Morgan fingerprint density at radius 2 is 2.03 bits per heavy atom. The molecule has 29 heavy (non-hydrogen) atoms. The van der Waals surface area contributed by atoms with E-state index in [9.17, 15) is 4.79 Å². The lowest BCUT2D eigenvalue weighted by Crippen LogP contribution is -2.15. The van der Waals surface area contributed by atoms with Crippen LogP contribution in [0.3, 0.4) is 0 Å². The highest BCUT2D eigenvalue weighted by molar-refractivity contribution is 7.99. The smallest absolute Gasteiger partial charge is 0.234 e. The number of hydrogen-bond donors (Lipinski definition) is 1. The number of furan rings is 1. The highest BCUT2D eigenvalue weighted by Gasteiger charge is 2.17. The average molecular weight is 408 g/mol. The van der Waals surface area contributed by atoms with Gasteiger partial charge in [0.15, 0.2) is 16.7 Å². The standard InChI is InChI=1S/C21H20N4O3S/c1-13-8-9-17(27-3)15(10-13)22-19(26)12-29-21-24-23-20(25(21)2)18-11-14-6-4-5-7-16(14)28-18/h4-11H,12H2,1-3H3,(H,22,26). The zero-order valence-corrected chi connectivity index (χ0v) is 17.1. The van der Waals surface area contributed by atoms with Gasteiger partial charge in [0.1, 0.15) is 11.3 Å². The largest absolute Gasteiger partial charge is 0.495 e. The molecule has 2 heterocycles. The van der Waals surface area contributed by atoms with E-state index in [-0.39, 0.29) is 11.7 Å². The minimum absolute atomic E-state index is 0.146. The van der Waals surface area contributed by atoms with Crippen LogP contribution in [0.15, 0.2) is 58.1 Å². The molecule has 148 valence electrons. The number of para-hydroxylation sites is 1. The number of rotatable bonds is 6. The van der Waals surface area contributed by atoms with Crippen LogP contribution >= 0.6 is 11.8 Å². The Hall–Kier alpha value is -3.26. The zero-order chi connectivity index (χ0) is 20.4. The van der Waals surface area contributed by atoms with Crippen molar-refractivity contribution < 1.29 is 13.9 Å². The Labute approximate surface area is 172 Å². The Bertz CT molecular complexity index is 1150. The number of amides is 1. The fraction of sp³-hybridized carbons (Fsp3) is 0.190. The maximum absolute atomic E-state index is 12.4. The molecule has 7 nitrogen and oxygen atoms in total. The molecule has 0 bridgehead atoms. The number of nitrogens with one attached hydrogen (secondary N) is 1. The number of nitrogens with zero attached hydrogens (tertiary/aromatic N) is 3. The van der Waals surface area contributed by atoms with Gasteiger partial charge in [0.2, 0.25) is 5.91 Å². The van der Waals surface area contributed by atoms with E-state index in [0.717, 1.165) is 16.5 Å². The van der Waals surface area contributed by atoms with Crippen molar-refractivity contribution >= 4 is 34.3 Å². The maximum Gasteiger partial charge on any atom is 0.234 e. The van der Waals surface area contributed by atoms with Crippen LogP contribution in [-0.2, 0) is 11.8 Å². The van der Waals surface area contributed by atoms with Crippen LogP contribution in [0.2, 0.25) is 0 Å². The van der Waals surface area contributed by atoms with Gasteiger partial charge in [0.25, 0.3) is 0 Å². The SMILES string of the molecule is COc1ccc(C)cc1NC(=O)CSc1nnc(-c2cc3ccccc3o2)n1C. The summed E-state index contributed by atoms with van der Waals surface area (Å²) in [6, 6.07) is 15.4. The van der Waals surface area contributed by atoms with Crippen LogP contribution in [0.25, 0.3) is 22.6 Å². The van der Waals surface area contributed by atoms with Gasteiger partial charge in [-0.05, 0) is 36.8 Å². The summed E-state index contributed by atoms with van der Waals surface area (Å²) >= 11 is 1.31. The molecule has 2 aromatic heterocycles. The van der Waals surface area contributed by atoms with Crippen molar-refractivity contribution in [1.82, 2.24) is 14.8 Å². The van der Waals surface area contributed by atoms with E-state index in [2.05, 4.69) is 15.5 Å². The number of aryl methyl sites for hydroxylation is 1. The van der Waals surface area contributed by atoms with E-state index in [1.54, 1.807) is 7.11 Å². The fourth-order valence-corrected chi connectivity index (χ4v) is 3.69. The maximum atomic E-state index is 12.4. The number of thioether (sulfide) groups is 1. The second-order valence-corrected chi connectivity index (χ2v) is 7.50. The molecule has 4 aromatic rings. The molecule has 4 rings (SSSR count).